The summed E-state index contributed by atoms with van der Waals surface area (Å²) in [7, 11) is 0. The molecule has 0 fully saturated rings. The van der Waals surface area contributed by atoms with Gasteiger partial charge in [-0.05, 0) is 39.7 Å². The minimum atomic E-state index is 0.605. The molecule has 4 heteroatoms. The zero-order valence-electron chi connectivity index (χ0n) is 21.0. The number of hydrogen-bond acceptors (Lipinski definition) is 3. The first-order chi connectivity index (χ1) is 19.3. The maximum Gasteiger partial charge on any atom is 0.238 e. The quantitative estimate of drug-likeness (QED) is 0.245. The summed E-state index contributed by atoms with van der Waals surface area (Å²) in [5.41, 5.74) is 4.05. The fraction of sp³-hybridized carbons (Fsp3) is 0. The molecule has 8 rings (SSSR count). The molecule has 0 aliphatic heterocycles. The third-order valence-corrected chi connectivity index (χ3v) is 7.43. The molecule has 0 aliphatic carbocycles. The number of benzene rings is 6. The van der Waals surface area contributed by atoms with E-state index >= 15 is 0 Å². The summed E-state index contributed by atoms with van der Waals surface area (Å²) < 4.78 is 2.18. The van der Waals surface area contributed by atoms with E-state index in [1.54, 1.807) is 0 Å². The molecular weight excluding hydrogens is 476 g/mol. The topological polar surface area (TPSA) is 43.6 Å². The summed E-state index contributed by atoms with van der Waals surface area (Å²) in [5.74, 6) is 1.90. The van der Waals surface area contributed by atoms with Gasteiger partial charge < -0.3 is 0 Å². The summed E-state index contributed by atoms with van der Waals surface area (Å²) in [5, 5.41) is 7.16. The first kappa shape index (κ1) is 21.7. The van der Waals surface area contributed by atoms with E-state index < -0.39 is 0 Å². The smallest absolute Gasteiger partial charge is 0.238 e. The molecule has 8 aromatic rings. The average Bonchev–Trinajstić information content (AvgIpc) is 3.36. The van der Waals surface area contributed by atoms with E-state index in [-0.39, 0.29) is 0 Å². The third-order valence-electron chi connectivity index (χ3n) is 7.43. The van der Waals surface area contributed by atoms with Crippen LogP contribution in [0, 0.1) is 0 Å². The van der Waals surface area contributed by atoms with Crippen molar-refractivity contribution in [3.63, 3.8) is 0 Å². The Morgan fingerprint density at radius 3 is 1.90 bits per heavy atom. The van der Waals surface area contributed by atoms with E-state index in [1.165, 1.54) is 26.9 Å². The van der Waals surface area contributed by atoms with Crippen molar-refractivity contribution in [3.8, 4) is 28.7 Å². The van der Waals surface area contributed by atoms with Crippen molar-refractivity contribution >= 4 is 43.4 Å². The van der Waals surface area contributed by atoms with Gasteiger partial charge in [0.15, 0.2) is 11.6 Å². The molecule has 0 saturated heterocycles. The number of hydrogen-bond donors (Lipinski definition) is 0. The van der Waals surface area contributed by atoms with Gasteiger partial charge >= 0.3 is 0 Å². The van der Waals surface area contributed by atoms with Crippen LogP contribution < -0.4 is 0 Å². The van der Waals surface area contributed by atoms with Gasteiger partial charge in [-0.25, -0.2) is 4.98 Å². The van der Waals surface area contributed by atoms with E-state index in [4.69, 9.17) is 15.0 Å². The van der Waals surface area contributed by atoms with Crippen LogP contribution in [-0.2, 0) is 0 Å². The Morgan fingerprint density at radius 1 is 0.410 bits per heavy atom. The number of rotatable bonds is 3. The number of nitrogens with zero attached hydrogens (tertiary/aromatic N) is 4. The van der Waals surface area contributed by atoms with Crippen LogP contribution in [0.25, 0.3) is 72.1 Å². The highest BCUT2D eigenvalue weighted by molar-refractivity contribution is 6.21. The molecular formula is C35H22N4. The lowest BCUT2D eigenvalue weighted by Gasteiger charge is -2.11. The maximum atomic E-state index is 5.10. The lowest BCUT2D eigenvalue weighted by Crippen LogP contribution is -2.06. The number of fused-ring (bicyclic) bond motifs is 6. The highest BCUT2D eigenvalue weighted by Gasteiger charge is 2.19. The second kappa shape index (κ2) is 8.61. The molecule has 0 spiro atoms. The molecule has 0 radical (unpaired) electrons. The Bertz CT molecular complexity index is 2180. The molecule has 0 atom stereocenters. The maximum absolute atomic E-state index is 5.10. The first-order valence-corrected chi connectivity index (χ1v) is 13.1. The Kier molecular flexibility index (Phi) is 4.79. The summed E-state index contributed by atoms with van der Waals surface area (Å²) in [4.78, 5) is 15.1. The fourth-order valence-corrected chi connectivity index (χ4v) is 5.59. The van der Waals surface area contributed by atoms with E-state index in [1.807, 2.05) is 30.3 Å². The van der Waals surface area contributed by atoms with Crippen LogP contribution >= 0.6 is 0 Å². The predicted octanol–water partition coefficient (Wildman–Crippen LogP) is 8.61. The van der Waals surface area contributed by atoms with Crippen molar-refractivity contribution < 1.29 is 0 Å². The van der Waals surface area contributed by atoms with Crippen LogP contribution in [0.1, 0.15) is 0 Å². The van der Waals surface area contributed by atoms with Gasteiger partial charge in [-0.2, -0.15) is 9.97 Å². The molecule has 0 amide bonds. The molecule has 2 heterocycles. The lowest BCUT2D eigenvalue weighted by atomic mass is 10.0. The molecule has 0 aliphatic rings. The highest BCUT2D eigenvalue weighted by Crippen LogP contribution is 2.36. The van der Waals surface area contributed by atoms with Crippen molar-refractivity contribution in [3.05, 3.63) is 133 Å². The third kappa shape index (κ3) is 3.50. The summed E-state index contributed by atoms with van der Waals surface area (Å²) in [6.07, 6.45) is 0. The van der Waals surface area contributed by atoms with Crippen molar-refractivity contribution in [2.45, 2.75) is 0 Å². The zero-order valence-corrected chi connectivity index (χ0v) is 21.0. The SMILES string of the molecule is c1ccc(-c2nc(-c3ccc4ccccc4c3)nc(-n3c4ccccc4c4c5ccccc5ccc43)n2)cc1. The highest BCUT2D eigenvalue weighted by atomic mass is 15.2. The Balaban J connectivity index is 1.46. The molecule has 0 N–H and O–H groups in total. The van der Waals surface area contributed by atoms with Gasteiger partial charge in [-0.1, -0.05) is 115 Å². The number of aromatic nitrogens is 4. The van der Waals surface area contributed by atoms with Crippen LogP contribution in [-0.4, -0.2) is 19.5 Å². The van der Waals surface area contributed by atoms with Crippen molar-refractivity contribution in [2.24, 2.45) is 0 Å². The van der Waals surface area contributed by atoms with Crippen LogP contribution in [0.15, 0.2) is 133 Å². The van der Waals surface area contributed by atoms with E-state index in [9.17, 15) is 0 Å². The second-order valence-corrected chi connectivity index (χ2v) is 9.74. The summed E-state index contributed by atoms with van der Waals surface area (Å²) in [6.45, 7) is 0. The Morgan fingerprint density at radius 2 is 1.05 bits per heavy atom. The van der Waals surface area contributed by atoms with Crippen LogP contribution in [0.5, 0.6) is 0 Å². The van der Waals surface area contributed by atoms with Gasteiger partial charge in [-0.3, -0.25) is 4.57 Å². The van der Waals surface area contributed by atoms with E-state index in [0.29, 0.717) is 17.6 Å². The van der Waals surface area contributed by atoms with Crippen molar-refractivity contribution in [2.75, 3.05) is 0 Å². The van der Waals surface area contributed by atoms with Crippen LogP contribution in [0.2, 0.25) is 0 Å². The van der Waals surface area contributed by atoms with Gasteiger partial charge in [0.2, 0.25) is 5.95 Å². The van der Waals surface area contributed by atoms with Gasteiger partial charge in [0.1, 0.15) is 0 Å². The van der Waals surface area contributed by atoms with Gasteiger partial charge in [0, 0.05) is 21.9 Å². The minimum absolute atomic E-state index is 0.605. The molecule has 4 nitrogen and oxygen atoms in total. The summed E-state index contributed by atoms with van der Waals surface area (Å²) in [6, 6.07) is 46.3. The van der Waals surface area contributed by atoms with Crippen LogP contribution in [0.3, 0.4) is 0 Å². The standard InChI is InChI=1S/C35H22N4/c1-2-12-25(13-3-1)33-36-34(27-19-18-23-10-4-5-14-26(23)22-27)38-35(37-33)39-30-17-9-8-16-29(30)32-28-15-7-6-11-24(28)20-21-31(32)39/h1-22H. The predicted molar refractivity (Wildman–Crippen MR) is 160 cm³/mol. The van der Waals surface area contributed by atoms with Gasteiger partial charge in [0.25, 0.3) is 0 Å². The largest absolute Gasteiger partial charge is 0.278 e. The Hall–Kier alpha value is -5.35. The Labute approximate surface area is 224 Å². The molecule has 6 aromatic carbocycles. The average molecular weight is 499 g/mol. The lowest BCUT2D eigenvalue weighted by molar-refractivity contribution is 0.954. The monoisotopic (exact) mass is 498 g/mol. The minimum Gasteiger partial charge on any atom is -0.278 e. The van der Waals surface area contributed by atoms with Crippen LogP contribution in [0.4, 0.5) is 0 Å². The summed E-state index contributed by atoms with van der Waals surface area (Å²) >= 11 is 0. The molecule has 2 aromatic heterocycles. The molecule has 0 saturated carbocycles. The molecule has 39 heavy (non-hydrogen) atoms. The van der Waals surface area contributed by atoms with E-state index in [2.05, 4.69) is 108 Å². The van der Waals surface area contributed by atoms with E-state index in [0.717, 1.165) is 27.5 Å². The molecule has 0 bridgehead atoms. The van der Waals surface area contributed by atoms with Gasteiger partial charge in [0.05, 0.1) is 11.0 Å². The normalized spacial score (nSPS) is 11.6. The molecule has 0 unspecified atom stereocenters. The number of para-hydroxylation sites is 1. The van der Waals surface area contributed by atoms with Crippen molar-refractivity contribution in [1.29, 1.82) is 0 Å². The zero-order chi connectivity index (χ0) is 25.8. The van der Waals surface area contributed by atoms with Gasteiger partial charge in [-0.15, -0.1) is 0 Å². The first-order valence-electron chi connectivity index (χ1n) is 13.1. The molecule has 182 valence electrons. The second-order valence-electron chi connectivity index (χ2n) is 9.74. The fourth-order valence-electron chi connectivity index (χ4n) is 5.59. The van der Waals surface area contributed by atoms with Crippen molar-refractivity contribution in [1.82, 2.24) is 19.5 Å².